The third kappa shape index (κ3) is 2.47. The predicted octanol–water partition coefficient (Wildman–Crippen LogP) is 3.36. The van der Waals surface area contributed by atoms with Gasteiger partial charge in [0.15, 0.2) is 0 Å². The molecule has 90 valence electrons. The molecule has 2 unspecified atom stereocenters. The molecule has 1 saturated heterocycles. The Morgan fingerprint density at radius 2 is 2.44 bits per heavy atom. The van der Waals surface area contributed by atoms with Crippen LogP contribution in [0.5, 0.6) is 0 Å². The summed E-state index contributed by atoms with van der Waals surface area (Å²) in [5, 5.41) is 7.95. The van der Waals surface area contributed by atoms with Crippen molar-refractivity contribution in [1.29, 1.82) is 0 Å². The van der Waals surface area contributed by atoms with E-state index in [2.05, 4.69) is 36.0 Å². The highest BCUT2D eigenvalue weighted by Gasteiger charge is 2.37. The van der Waals surface area contributed by atoms with Crippen molar-refractivity contribution in [1.82, 2.24) is 5.32 Å². The summed E-state index contributed by atoms with van der Waals surface area (Å²) in [5.74, 6) is 0. The number of likely N-dealkylation sites (N-methyl/N-ethyl adjacent to an activating group) is 1. The Morgan fingerprint density at radius 1 is 1.56 bits per heavy atom. The van der Waals surface area contributed by atoms with E-state index in [1.165, 1.54) is 18.4 Å². The number of ether oxygens (including phenoxy) is 1. The molecule has 0 saturated carbocycles. The number of rotatable bonds is 4. The van der Waals surface area contributed by atoms with Crippen LogP contribution in [0.25, 0.3) is 0 Å². The highest BCUT2D eigenvalue weighted by molar-refractivity contribution is 7.07. The summed E-state index contributed by atoms with van der Waals surface area (Å²) in [6.45, 7) is 6.30. The molecule has 1 N–H and O–H groups in total. The maximum absolute atomic E-state index is 6.05. The summed E-state index contributed by atoms with van der Waals surface area (Å²) in [7, 11) is 0. The normalized spacial score (nSPS) is 27.9. The molecule has 16 heavy (non-hydrogen) atoms. The Kier molecular flexibility index (Phi) is 4.00. The zero-order valence-electron chi connectivity index (χ0n) is 10.2. The lowest BCUT2D eigenvalue weighted by molar-refractivity contribution is -0.0894. The third-order valence-corrected chi connectivity index (χ3v) is 4.10. The molecule has 0 aliphatic carbocycles. The molecule has 2 rings (SSSR count). The first-order valence-corrected chi connectivity index (χ1v) is 7.10. The number of hydrogen-bond donors (Lipinski definition) is 1. The summed E-state index contributed by atoms with van der Waals surface area (Å²) in [5.41, 5.74) is 1.34. The third-order valence-electron chi connectivity index (χ3n) is 3.39. The SMILES string of the molecule is CCNC(c1ccsc1)C1(C)CCCCO1. The minimum Gasteiger partial charge on any atom is -0.373 e. The van der Waals surface area contributed by atoms with Gasteiger partial charge in [-0.05, 0) is 55.1 Å². The van der Waals surface area contributed by atoms with Crippen LogP contribution in [0.3, 0.4) is 0 Å². The summed E-state index contributed by atoms with van der Waals surface area (Å²) < 4.78 is 6.05. The van der Waals surface area contributed by atoms with Crippen LogP contribution in [0.4, 0.5) is 0 Å². The van der Waals surface area contributed by atoms with Gasteiger partial charge in [0, 0.05) is 6.61 Å². The Hall–Kier alpha value is -0.380. The molecule has 1 aliphatic rings. The van der Waals surface area contributed by atoms with Crippen molar-refractivity contribution in [3.05, 3.63) is 22.4 Å². The van der Waals surface area contributed by atoms with Crippen LogP contribution < -0.4 is 5.32 Å². The van der Waals surface area contributed by atoms with Crippen molar-refractivity contribution in [3.63, 3.8) is 0 Å². The fourth-order valence-corrected chi connectivity index (χ4v) is 3.20. The maximum Gasteiger partial charge on any atom is 0.0848 e. The fraction of sp³-hybridized carbons (Fsp3) is 0.692. The lowest BCUT2D eigenvalue weighted by Gasteiger charge is -2.41. The van der Waals surface area contributed by atoms with E-state index in [0.29, 0.717) is 6.04 Å². The van der Waals surface area contributed by atoms with E-state index in [1.807, 2.05) is 0 Å². The zero-order valence-corrected chi connectivity index (χ0v) is 11.0. The molecule has 2 heterocycles. The second kappa shape index (κ2) is 5.30. The molecule has 1 aromatic heterocycles. The molecular formula is C13H21NOS. The van der Waals surface area contributed by atoms with Gasteiger partial charge in [0.25, 0.3) is 0 Å². The van der Waals surface area contributed by atoms with Gasteiger partial charge in [0.05, 0.1) is 11.6 Å². The minimum absolute atomic E-state index is 0.0324. The largest absolute Gasteiger partial charge is 0.373 e. The topological polar surface area (TPSA) is 21.3 Å². The molecule has 1 fully saturated rings. The summed E-state index contributed by atoms with van der Waals surface area (Å²) in [4.78, 5) is 0. The molecule has 1 aromatic rings. The highest BCUT2D eigenvalue weighted by atomic mass is 32.1. The van der Waals surface area contributed by atoms with Crippen LogP contribution in [0.2, 0.25) is 0 Å². The quantitative estimate of drug-likeness (QED) is 0.870. The lowest BCUT2D eigenvalue weighted by atomic mass is 9.85. The molecule has 2 atom stereocenters. The first-order valence-electron chi connectivity index (χ1n) is 6.16. The van der Waals surface area contributed by atoms with Gasteiger partial charge in [-0.1, -0.05) is 6.92 Å². The molecule has 2 nitrogen and oxygen atoms in total. The van der Waals surface area contributed by atoms with E-state index < -0.39 is 0 Å². The Balaban J connectivity index is 2.17. The van der Waals surface area contributed by atoms with Crippen LogP contribution in [-0.2, 0) is 4.74 Å². The first-order chi connectivity index (χ1) is 7.76. The second-order valence-corrected chi connectivity index (χ2v) is 5.45. The lowest BCUT2D eigenvalue weighted by Crippen LogP contribution is -2.45. The van der Waals surface area contributed by atoms with Crippen molar-refractivity contribution in [3.8, 4) is 0 Å². The number of hydrogen-bond acceptors (Lipinski definition) is 3. The van der Waals surface area contributed by atoms with E-state index >= 15 is 0 Å². The minimum atomic E-state index is -0.0324. The number of nitrogens with one attached hydrogen (secondary N) is 1. The average molecular weight is 239 g/mol. The Labute approximate surface area is 102 Å². The summed E-state index contributed by atoms with van der Waals surface area (Å²) >= 11 is 1.76. The Bertz CT molecular complexity index is 304. The molecule has 0 bridgehead atoms. The van der Waals surface area contributed by atoms with Gasteiger partial charge in [0.1, 0.15) is 0 Å². The molecule has 0 amide bonds. The average Bonchev–Trinajstić information content (AvgIpc) is 2.80. The maximum atomic E-state index is 6.05. The van der Waals surface area contributed by atoms with Crippen LogP contribution in [-0.4, -0.2) is 18.8 Å². The monoisotopic (exact) mass is 239 g/mol. The summed E-state index contributed by atoms with van der Waals surface area (Å²) in [6, 6.07) is 2.55. The molecule has 1 aliphatic heterocycles. The van der Waals surface area contributed by atoms with Gasteiger partial charge in [-0.3, -0.25) is 0 Å². The van der Waals surface area contributed by atoms with Gasteiger partial charge in [-0.15, -0.1) is 0 Å². The van der Waals surface area contributed by atoms with E-state index in [4.69, 9.17) is 4.74 Å². The molecule has 0 aromatic carbocycles. The van der Waals surface area contributed by atoms with Crippen molar-refractivity contribution < 1.29 is 4.74 Å². The van der Waals surface area contributed by atoms with Crippen LogP contribution in [0.1, 0.15) is 44.7 Å². The predicted molar refractivity (Wildman–Crippen MR) is 68.9 cm³/mol. The van der Waals surface area contributed by atoms with E-state index in [9.17, 15) is 0 Å². The van der Waals surface area contributed by atoms with Crippen LogP contribution in [0.15, 0.2) is 16.8 Å². The van der Waals surface area contributed by atoms with Crippen LogP contribution >= 0.6 is 11.3 Å². The van der Waals surface area contributed by atoms with Gasteiger partial charge in [0.2, 0.25) is 0 Å². The highest BCUT2D eigenvalue weighted by Crippen LogP contribution is 2.37. The van der Waals surface area contributed by atoms with Crippen LogP contribution in [0, 0.1) is 0 Å². The molecule has 0 radical (unpaired) electrons. The Morgan fingerprint density at radius 3 is 3.00 bits per heavy atom. The van der Waals surface area contributed by atoms with Crippen molar-refractivity contribution >= 4 is 11.3 Å². The number of thiophene rings is 1. The van der Waals surface area contributed by atoms with Gasteiger partial charge >= 0.3 is 0 Å². The zero-order chi connectivity index (χ0) is 11.4. The summed E-state index contributed by atoms with van der Waals surface area (Å²) in [6.07, 6.45) is 3.64. The molecule has 3 heteroatoms. The van der Waals surface area contributed by atoms with Crippen molar-refractivity contribution in [2.45, 2.75) is 44.8 Å². The van der Waals surface area contributed by atoms with E-state index in [0.717, 1.165) is 19.6 Å². The van der Waals surface area contributed by atoms with Crippen molar-refractivity contribution in [2.75, 3.05) is 13.2 Å². The van der Waals surface area contributed by atoms with E-state index in [-0.39, 0.29) is 5.60 Å². The van der Waals surface area contributed by atoms with Crippen molar-refractivity contribution in [2.24, 2.45) is 0 Å². The molecular weight excluding hydrogens is 218 g/mol. The standard InChI is InChI=1S/C13H21NOS/c1-3-14-12(11-6-9-16-10-11)13(2)7-4-5-8-15-13/h6,9-10,12,14H,3-5,7-8H2,1-2H3. The van der Waals surface area contributed by atoms with Gasteiger partial charge < -0.3 is 10.1 Å². The smallest absolute Gasteiger partial charge is 0.0848 e. The van der Waals surface area contributed by atoms with Gasteiger partial charge in [-0.25, -0.2) is 0 Å². The van der Waals surface area contributed by atoms with Gasteiger partial charge in [-0.2, -0.15) is 11.3 Å². The van der Waals surface area contributed by atoms with E-state index in [1.54, 1.807) is 11.3 Å². The molecule has 0 spiro atoms. The second-order valence-electron chi connectivity index (χ2n) is 4.67. The fourth-order valence-electron chi connectivity index (χ4n) is 2.51. The first kappa shape index (κ1) is 12.1.